The van der Waals surface area contributed by atoms with E-state index in [1.54, 1.807) is 6.07 Å². The maximum Gasteiger partial charge on any atom is 0.352 e. The van der Waals surface area contributed by atoms with Crippen LogP contribution in [0, 0.1) is 0 Å². The van der Waals surface area contributed by atoms with Crippen molar-refractivity contribution < 1.29 is 18.7 Å². The van der Waals surface area contributed by atoms with Crippen molar-refractivity contribution >= 4 is 17.2 Å². The van der Waals surface area contributed by atoms with Crippen molar-refractivity contribution in [3.63, 3.8) is 0 Å². The number of nitrogens with one attached hydrogen (secondary N) is 1. The Morgan fingerprint density at radius 3 is 2.74 bits per heavy atom. The molecule has 2 rings (SSSR count). The van der Waals surface area contributed by atoms with Crippen LogP contribution in [0.5, 0.6) is 0 Å². The van der Waals surface area contributed by atoms with E-state index in [1.807, 2.05) is 18.4 Å². The van der Waals surface area contributed by atoms with Gasteiger partial charge in [0, 0.05) is 4.88 Å². The third-order valence-electron chi connectivity index (χ3n) is 3.65. The molecule has 6 heteroatoms. The summed E-state index contributed by atoms with van der Waals surface area (Å²) in [7, 11) is 0. The van der Waals surface area contributed by atoms with E-state index in [9.17, 15) is 18.7 Å². The highest BCUT2D eigenvalue weighted by atomic mass is 32.1. The van der Waals surface area contributed by atoms with Crippen molar-refractivity contribution in [1.82, 2.24) is 5.32 Å². The van der Waals surface area contributed by atoms with E-state index in [2.05, 4.69) is 5.32 Å². The smallest absolute Gasteiger partial charge is 0.352 e. The average Bonchev–Trinajstić information content (AvgIpc) is 2.85. The second-order valence-corrected chi connectivity index (χ2v) is 5.89. The van der Waals surface area contributed by atoms with E-state index in [4.69, 9.17) is 0 Å². The van der Waals surface area contributed by atoms with Crippen molar-refractivity contribution in [2.45, 2.75) is 50.2 Å². The molecule has 1 saturated carbocycles. The molecule has 1 aliphatic carbocycles. The van der Waals surface area contributed by atoms with Crippen LogP contribution in [0.2, 0.25) is 0 Å². The minimum Gasteiger partial charge on any atom is -0.383 e. The van der Waals surface area contributed by atoms with Gasteiger partial charge in [-0.3, -0.25) is 4.79 Å². The van der Waals surface area contributed by atoms with E-state index in [0.717, 1.165) is 4.88 Å². The van der Waals surface area contributed by atoms with Crippen LogP contribution in [-0.2, 0) is 4.79 Å². The number of alkyl halides is 2. The molecule has 19 heavy (non-hydrogen) atoms. The normalized spacial score (nSPS) is 19.6. The molecule has 1 heterocycles. The van der Waals surface area contributed by atoms with E-state index in [-0.39, 0.29) is 12.8 Å². The van der Waals surface area contributed by atoms with Crippen molar-refractivity contribution in [2.75, 3.05) is 0 Å². The first kappa shape index (κ1) is 14.4. The molecule has 1 fully saturated rings. The van der Waals surface area contributed by atoms with Gasteiger partial charge < -0.3 is 10.4 Å². The third-order valence-corrected chi connectivity index (χ3v) is 4.64. The molecule has 0 aliphatic heterocycles. The summed E-state index contributed by atoms with van der Waals surface area (Å²) in [6, 6.07) is 3.18. The highest BCUT2D eigenvalue weighted by Gasteiger charge is 2.61. The first-order chi connectivity index (χ1) is 8.90. The SMILES string of the molecule is CCC(NC(=O)C(F)(F)C1(O)CCC1)c1cccs1. The minimum atomic E-state index is -3.73. The number of carbonyl (C=O) groups is 1. The number of amides is 1. The maximum absolute atomic E-state index is 13.9. The van der Waals surface area contributed by atoms with Crippen LogP contribution >= 0.6 is 11.3 Å². The zero-order valence-corrected chi connectivity index (χ0v) is 11.5. The first-order valence-electron chi connectivity index (χ1n) is 6.35. The molecule has 106 valence electrons. The number of thiophene rings is 1. The second kappa shape index (κ2) is 5.17. The van der Waals surface area contributed by atoms with Crippen LogP contribution in [0.25, 0.3) is 0 Å². The summed E-state index contributed by atoms with van der Waals surface area (Å²) >= 11 is 1.41. The highest BCUT2D eigenvalue weighted by molar-refractivity contribution is 7.10. The van der Waals surface area contributed by atoms with Gasteiger partial charge in [0.15, 0.2) is 0 Å². The summed E-state index contributed by atoms with van der Waals surface area (Å²) in [6.45, 7) is 1.82. The number of hydrogen-bond acceptors (Lipinski definition) is 3. The van der Waals surface area contributed by atoms with Crippen molar-refractivity contribution in [3.05, 3.63) is 22.4 Å². The summed E-state index contributed by atoms with van der Waals surface area (Å²) in [5.41, 5.74) is -2.16. The van der Waals surface area contributed by atoms with Crippen molar-refractivity contribution in [1.29, 1.82) is 0 Å². The molecular formula is C13H17F2NO2S. The summed E-state index contributed by atoms with van der Waals surface area (Å²) in [6.07, 6.45) is 1.01. The van der Waals surface area contributed by atoms with Crippen molar-refractivity contribution in [2.24, 2.45) is 0 Å². The second-order valence-electron chi connectivity index (χ2n) is 4.91. The number of halogens is 2. The van der Waals surface area contributed by atoms with Gasteiger partial charge in [-0.25, -0.2) is 0 Å². The fourth-order valence-electron chi connectivity index (χ4n) is 2.15. The number of carbonyl (C=O) groups excluding carboxylic acids is 1. The predicted molar refractivity (Wildman–Crippen MR) is 69.2 cm³/mol. The van der Waals surface area contributed by atoms with E-state index < -0.39 is 23.5 Å². The molecule has 1 amide bonds. The van der Waals surface area contributed by atoms with Gasteiger partial charge >= 0.3 is 5.92 Å². The summed E-state index contributed by atoms with van der Waals surface area (Å²) in [5, 5.41) is 13.9. The van der Waals surface area contributed by atoms with E-state index in [0.29, 0.717) is 12.8 Å². The Morgan fingerprint density at radius 1 is 1.63 bits per heavy atom. The molecule has 0 radical (unpaired) electrons. The molecule has 0 aromatic carbocycles. The number of hydrogen-bond donors (Lipinski definition) is 2. The van der Waals surface area contributed by atoms with Gasteiger partial charge in [0.25, 0.3) is 5.91 Å². The molecule has 1 aromatic heterocycles. The van der Waals surface area contributed by atoms with E-state index >= 15 is 0 Å². The van der Waals surface area contributed by atoms with Crippen molar-refractivity contribution in [3.8, 4) is 0 Å². The largest absolute Gasteiger partial charge is 0.383 e. The van der Waals surface area contributed by atoms with Gasteiger partial charge in [0.1, 0.15) is 5.60 Å². The zero-order chi connectivity index (χ0) is 14.1. The van der Waals surface area contributed by atoms with Crippen LogP contribution in [0.4, 0.5) is 8.78 Å². The first-order valence-corrected chi connectivity index (χ1v) is 7.23. The molecule has 0 bridgehead atoms. The standard InChI is InChI=1S/C13H17F2NO2S/c1-2-9(10-5-3-8-19-10)16-11(17)13(14,15)12(18)6-4-7-12/h3,5,8-9,18H,2,4,6-7H2,1H3,(H,16,17). The zero-order valence-electron chi connectivity index (χ0n) is 10.7. The fraction of sp³-hybridized carbons (Fsp3) is 0.615. The lowest BCUT2D eigenvalue weighted by atomic mass is 9.75. The Labute approximate surface area is 114 Å². The predicted octanol–water partition coefficient (Wildman–Crippen LogP) is 2.87. The van der Waals surface area contributed by atoms with Gasteiger partial charge in [0.2, 0.25) is 0 Å². The van der Waals surface area contributed by atoms with Gasteiger partial charge in [-0.2, -0.15) is 8.78 Å². The molecule has 3 nitrogen and oxygen atoms in total. The van der Waals surface area contributed by atoms with E-state index in [1.165, 1.54) is 11.3 Å². The van der Waals surface area contributed by atoms with Gasteiger partial charge in [-0.1, -0.05) is 13.0 Å². The molecule has 0 spiro atoms. The number of aliphatic hydroxyl groups is 1. The monoisotopic (exact) mass is 289 g/mol. The van der Waals surface area contributed by atoms with Crippen LogP contribution in [0.3, 0.4) is 0 Å². The summed E-state index contributed by atoms with van der Waals surface area (Å²) < 4.78 is 27.9. The van der Waals surface area contributed by atoms with Crippen LogP contribution in [-0.4, -0.2) is 22.5 Å². The Bertz CT molecular complexity index is 444. The molecule has 1 aromatic rings. The summed E-state index contributed by atoms with van der Waals surface area (Å²) in [5.74, 6) is -5.11. The number of rotatable bonds is 5. The molecular weight excluding hydrogens is 272 g/mol. The van der Waals surface area contributed by atoms with Crippen LogP contribution in [0.1, 0.15) is 43.5 Å². The quantitative estimate of drug-likeness (QED) is 0.875. The molecule has 1 aliphatic rings. The molecule has 1 unspecified atom stereocenters. The molecule has 2 N–H and O–H groups in total. The Kier molecular flexibility index (Phi) is 3.92. The lowest BCUT2D eigenvalue weighted by Gasteiger charge is -2.41. The Hall–Kier alpha value is -1.01. The fourth-order valence-corrected chi connectivity index (χ4v) is 3.01. The van der Waals surface area contributed by atoms with Gasteiger partial charge in [0.05, 0.1) is 6.04 Å². The molecule has 0 saturated heterocycles. The topological polar surface area (TPSA) is 49.3 Å². The highest BCUT2D eigenvalue weighted by Crippen LogP contribution is 2.44. The maximum atomic E-state index is 13.9. The molecule has 1 atom stereocenters. The van der Waals surface area contributed by atoms with Crippen LogP contribution < -0.4 is 5.32 Å². The lowest BCUT2D eigenvalue weighted by molar-refractivity contribution is -0.216. The van der Waals surface area contributed by atoms with Gasteiger partial charge in [-0.05, 0) is 37.1 Å². The lowest BCUT2D eigenvalue weighted by Crippen LogP contribution is -2.60. The van der Waals surface area contributed by atoms with Gasteiger partial charge in [-0.15, -0.1) is 11.3 Å². The Balaban J connectivity index is 2.07. The third kappa shape index (κ3) is 2.51. The Morgan fingerprint density at radius 2 is 2.32 bits per heavy atom. The van der Waals surface area contributed by atoms with Crippen LogP contribution in [0.15, 0.2) is 17.5 Å². The minimum absolute atomic E-state index is 0.0246. The average molecular weight is 289 g/mol. The summed E-state index contributed by atoms with van der Waals surface area (Å²) in [4.78, 5) is 12.6.